The zero-order valence-corrected chi connectivity index (χ0v) is 18.0. The lowest BCUT2D eigenvalue weighted by Crippen LogP contribution is -2.28. The van der Waals surface area contributed by atoms with Crippen molar-refractivity contribution in [2.75, 3.05) is 26.8 Å². The van der Waals surface area contributed by atoms with Crippen molar-refractivity contribution in [1.82, 2.24) is 15.1 Å². The van der Waals surface area contributed by atoms with Gasteiger partial charge in [-0.05, 0) is 61.6 Å². The van der Waals surface area contributed by atoms with Crippen molar-refractivity contribution in [1.29, 1.82) is 0 Å². The highest BCUT2D eigenvalue weighted by Gasteiger charge is 2.09. The van der Waals surface area contributed by atoms with Crippen LogP contribution >= 0.6 is 0 Å². The molecule has 1 heterocycles. The Morgan fingerprint density at radius 2 is 1.81 bits per heavy atom. The molecule has 31 heavy (non-hydrogen) atoms. The highest BCUT2D eigenvalue weighted by Crippen LogP contribution is 2.18. The molecule has 0 saturated carbocycles. The van der Waals surface area contributed by atoms with Gasteiger partial charge in [0.1, 0.15) is 5.82 Å². The standard InChI is InChI=1S/C25H30FN3O2/c1-29(25(30)10-6-17-31-18-15-20-7-3-2-4-8-20)16-5-9-23-19-24(28-27-23)21-11-13-22(26)14-12-21/h2-4,7-8,11-14,19H,5-6,9-10,15-18H2,1H3,(H,27,28). The number of aromatic nitrogens is 2. The van der Waals surface area contributed by atoms with Crippen LogP contribution in [0.15, 0.2) is 60.7 Å². The molecule has 0 aliphatic heterocycles. The number of amides is 1. The van der Waals surface area contributed by atoms with Gasteiger partial charge in [0, 0.05) is 37.9 Å². The van der Waals surface area contributed by atoms with E-state index in [1.807, 2.05) is 31.3 Å². The minimum absolute atomic E-state index is 0.142. The van der Waals surface area contributed by atoms with E-state index in [0.29, 0.717) is 26.2 Å². The third-order valence-electron chi connectivity index (χ3n) is 5.19. The van der Waals surface area contributed by atoms with Gasteiger partial charge in [-0.1, -0.05) is 30.3 Å². The van der Waals surface area contributed by atoms with E-state index in [2.05, 4.69) is 22.3 Å². The number of nitrogens with zero attached hydrogens (tertiary/aromatic N) is 2. The Kier molecular flexibility index (Phi) is 8.79. The van der Waals surface area contributed by atoms with E-state index < -0.39 is 0 Å². The predicted octanol–water partition coefficient (Wildman–Crippen LogP) is 4.65. The largest absolute Gasteiger partial charge is 0.381 e. The number of carbonyl (C=O) groups is 1. The lowest BCUT2D eigenvalue weighted by Gasteiger charge is -2.16. The second-order valence-corrected chi connectivity index (χ2v) is 7.66. The summed E-state index contributed by atoms with van der Waals surface area (Å²) in [6.07, 6.45) is 3.78. The highest BCUT2D eigenvalue weighted by atomic mass is 19.1. The van der Waals surface area contributed by atoms with Crippen LogP contribution in [0.3, 0.4) is 0 Å². The van der Waals surface area contributed by atoms with Gasteiger partial charge in [-0.25, -0.2) is 4.39 Å². The molecule has 6 heteroatoms. The van der Waals surface area contributed by atoms with Crippen LogP contribution in [0.2, 0.25) is 0 Å². The molecule has 0 spiro atoms. The number of hydrogen-bond donors (Lipinski definition) is 1. The molecule has 3 rings (SSSR count). The number of ether oxygens (including phenoxy) is 1. The second kappa shape index (κ2) is 12.0. The highest BCUT2D eigenvalue weighted by molar-refractivity contribution is 5.75. The van der Waals surface area contributed by atoms with Crippen LogP contribution in [-0.2, 0) is 22.4 Å². The van der Waals surface area contributed by atoms with Crippen LogP contribution in [0.1, 0.15) is 30.5 Å². The zero-order valence-electron chi connectivity index (χ0n) is 18.0. The van der Waals surface area contributed by atoms with Gasteiger partial charge in [-0.3, -0.25) is 9.89 Å². The number of H-pyrrole nitrogens is 1. The van der Waals surface area contributed by atoms with Gasteiger partial charge >= 0.3 is 0 Å². The fourth-order valence-electron chi connectivity index (χ4n) is 3.34. The van der Waals surface area contributed by atoms with Crippen molar-refractivity contribution in [2.45, 2.75) is 32.1 Å². The quantitative estimate of drug-likeness (QED) is 0.432. The number of nitrogens with one attached hydrogen (secondary N) is 1. The zero-order chi connectivity index (χ0) is 21.9. The van der Waals surface area contributed by atoms with Gasteiger partial charge in [0.2, 0.25) is 5.91 Å². The van der Waals surface area contributed by atoms with E-state index in [4.69, 9.17) is 4.74 Å². The fourth-order valence-corrected chi connectivity index (χ4v) is 3.34. The van der Waals surface area contributed by atoms with Gasteiger partial charge in [0.25, 0.3) is 0 Å². The molecule has 0 bridgehead atoms. The topological polar surface area (TPSA) is 58.2 Å². The van der Waals surface area contributed by atoms with Crippen molar-refractivity contribution in [2.24, 2.45) is 0 Å². The Morgan fingerprint density at radius 1 is 1.03 bits per heavy atom. The number of benzene rings is 2. The molecule has 0 atom stereocenters. The van der Waals surface area contributed by atoms with E-state index in [1.165, 1.54) is 17.7 Å². The third-order valence-corrected chi connectivity index (χ3v) is 5.19. The van der Waals surface area contributed by atoms with Crippen LogP contribution in [0.25, 0.3) is 11.3 Å². The van der Waals surface area contributed by atoms with Gasteiger partial charge in [0.05, 0.1) is 12.3 Å². The van der Waals surface area contributed by atoms with E-state index in [0.717, 1.165) is 42.6 Å². The van der Waals surface area contributed by atoms with Gasteiger partial charge < -0.3 is 9.64 Å². The summed E-state index contributed by atoms with van der Waals surface area (Å²) in [6, 6.07) is 18.5. The summed E-state index contributed by atoms with van der Waals surface area (Å²) >= 11 is 0. The monoisotopic (exact) mass is 423 g/mol. The summed E-state index contributed by atoms with van der Waals surface area (Å²) in [7, 11) is 1.84. The number of aromatic amines is 1. The molecule has 0 aliphatic carbocycles. The average Bonchev–Trinajstić information content (AvgIpc) is 3.26. The first-order valence-electron chi connectivity index (χ1n) is 10.8. The van der Waals surface area contributed by atoms with Crippen LogP contribution < -0.4 is 0 Å². The number of rotatable bonds is 12. The normalized spacial score (nSPS) is 10.9. The van der Waals surface area contributed by atoms with Crippen LogP contribution in [0, 0.1) is 5.82 Å². The Balaban J connectivity index is 1.27. The Hall–Kier alpha value is -2.99. The maximum atomic E-state index is 13.0. The summed E-state index contributed by atoms with van der Waals surface area (Å²) in [5.74, 6) is -0.116. The molecule has 5 nitrogen and oxygen atoms in total. The maximum absolute atomic E-state index is 13.0. The minimum Gasteiger partial charge on any atom is -0.381 e. The Morgan fingerprint density at radius 3 is 2.58 bits per heavy atom. The SMILES string of the molecule is CN(CCCc1cc(-c2ccc(F)cc2)n[nH]1)C(=O)CCCOCCc1ccccc1. The van der Waals surface area contributed by atoms with E-state index in [1.54, 1.807) is 17.0 Å². The molecular weight excluding hydrogens is 393 g/mol. The fraction of sp³-hybridized carbons (Fsp3) is 0.360. The van der Waals surface area contributed by atoms with Crippen molar-refractivity contribution in [3.8, 4) is 11.3 Å². The van der Waals surface area contributed by atoms with Crippen molar-refractivity contribution in [3.63, 3.8) is 0 Å². The minimum atomic E-state index is -0.258. The van der Waals surface area contributed by atoms with Gasteiger partial charge in [-0.15, -0.1) is 0 Å². The van der Waals surface area contributed by atoms with Gasteiger partial charge in [0.15, 0.2) is 0 Å². The van der Waals surface area contributed by atoms with E-state index >= 15 is 0 Å². The maximum Gasteiger partial charge on any atom is 0.222 e. The second-order valence-electron chi connectivity index (χ2n) is 7.66. The molecule has 1 aromatic heterocycles. The summed E-state index contributed by atoms with van der Waals surface area (Å²) in [5.41, 5.74) is 3.95. The predicted molar refractivity (Wildman–Crippen MR) is 120 cm³/mol. The first kappa shape index (κ1) is 22.7. The Bertz CT molecular complexity index is 925. The summed E-state index contributed by atoms with van der Waals surface area (Å²) in [6.45, 7) is 1.98. The molecule has 2 aromatic carbocycles. The summed E-state index contributed by atoms with van der Waals surface area (Å²) in [4.78, 5) is 14.1. The summed E-state index contributed by atoms with van der Waals surface area (Å²) < 4.78 is 18.7. The first-order valence-corrected chi connectivity index (χ1v) is 10.8. The Labute approximate surface area is 183 Å². The number of carbonyl (C=O) groups excluding carboxylic acids is 1. The molecule has 0 aliphatic rings. The van der Waals surface area contributed by atoms with E-state index in [-0.39, 0.29) is 11.7 Å². The first-order chi connectivity index (χ1) is 15.1. The molecule has 0 unspecified atom stereocenters. The van der Waals surface area contributed by atoms with Crippen LogP contribution in [0.4, 0.5) is 4.39 Å². The molecule has 164 valence electrons. The molecule has 1 amide bonds. The molecule has 1 N–H and O–H groups in total. The third kappa shape index (κ3) is 7.64. The van der Waals surface area contributed by atoms with Crippen molar-refractivity contribution < 1.29 is 13.9 Å². The molecule has 3 aromatic rings. The molecular formula is C25H30FN3O2. The van der Waals surface area contributed by atoms with Crippen molar-refractivity contribution in [3.05, 3.63) is 77.7 Å². The lowest BCUT2D eigenvalue weighted by molar-refractivity contribution is -0.130. The lowest BCUT2D eigenvalue weighted by atomic mass is 10.1. The smallest absolute Gasteiger partial charge is 0.222 e. The molecule has 0 fully saturated rings. The van der Waals surface area contributed by atoms with Gasteiger partial charge in [-0.2, -0.15) is 5.10 Å². The average molecular weight is 424 g/mol. The molecule has 0 radical (unpaired) electrons. The summed E-state index contributed by atoms with van der Waals surface area (Å²) in [5, 5.41) is 7.32. The van der Waals surface area contributed by atoms with Crippen LogP contribution in [-0.4, -0.2) is 47.8 Å². The molecule has 0 saturated heterocycles. The number of hydrogen-bond acceptors (Lipinski definition) is 3. The van der Waals surface area contributed by atoms with Crippen molar-refractivity contribution >= 4 is 5.91 Å². The number of halogens is 1. The van der Waals surface area contributed by atoms with E-state index in [9.17, 15) is 9.18 Å². The van der Waals surface area contributed by atoms with Crippen LogP contribution in [0.5, 0.6) is 0 Å². The number of aryl methyl sites for hydroxylation is 1.